The molecule has 33 heavy (non-hydrogen) atoms. The van der Waals surface area contributed by atoms with Crippen LogP contribution in [0.1, 0.15) is 15.9 Å². The number of hydrogen-bond acceptors (Lipinski definition) is 7. The van der Waals surface area contributed by atoms with E-state index in [1.54, 1.807) is 6.08 Å². The number of methoxy groups -OCH3 is 2. The van der Waals surface area contributed by atoms with E-state index in [1.807, 2.05) is 12.1 Å². The van der Waals surface area contributed by atoms with Crippen molar-refractivity contribution in [2.45, 2.75) is 0 Å². The van der Waals surface area contributed by atoms with Crippen molar-refractivity contribution in [3.05, 3.63) is 58.5 Å². The third-order valence-electron chi connectivity index (χ3n) is 4.36. The molecule has 172 valence electrons. The Hall–Kier alpha value is -1.84. The third kappa shape index (κ3) is 6.00. The van der Waals surface area contributed by atoms with E-state index in [9.17, 15) is 19.2 Å². The summed E-state index contributed by atoms with van der Waals surface area (Å²) in [7, 11) is 2.74. The normalized spacial score (nSPS) is 14.6. The van der Waals surface area contributed by atoms with Crippen LogP contribution in [0.2, 0.25) is 5.02 Å². The number of carbonyl (C=O) groups is 4. The molecule has 0 saturated carbocycles. The van der Waals surface area contributed by atoms with Crippen molar-refractivity contribution in [2.24, 2.45) is 0 Å². The number of carbonyl (C=O) groups excluding carboxylic acids is 4. The zero-order valence-electron chi connectivity index (χ0n) is 17.1. The van der Waals surface area contributed by atoms with E-state index in [1.165, 1.54) is 32.4 Å². The number of benzene rings is 2. The summed E-state index contributed by atoms with van der Waals surface area (Å²) in [6, 6.07) is 8.04. The van der Waals surface area contributed by atoms with Gasteiger partial charge in [-0.05, 0) is 93.4 Å². The molecule has 1 saturated heterocycles. The van der Waals surface area contributed by atoms with E-state index in [0.29, 0.717) is 11.3 Å². The lowest BCUT2D eigenvalue weighted by Gasteiger charge is -2.13. The number of hydrogen-bond donors (Lipinski definition) is 1. The molecule has 3 rings (SSSR count). The molecule has 0 atom stereocenters. The van der Waals surface area contributed by atoms with E-state index >= 15 is 0 Å². The molecule has 2 aromatic carbocycles. The van der Waals surface area contributed by atoms with Crippen LogP contribution in [0.3, 0.4) is 0 Å². The second-order valence-corrected chi connectivity index (χ2v) is 10.3. The number of anilines is 1. The highest BCUT2D eigenvalue weighted by molar-refractivity contribution is 14.1. The zero-order valence-corrected chi connectivity index (χ0v) is 23.0. The zero-order chi connectivity index (χ0) is 24.3. The van der Waals surface area contributed by atoms with Crippen molar-refractivity contribution < 1.29 is 28.7 Å². The predicted octanol–water partition coefficient (Wildman–Crippen LogP) is 5.02. The number of amides is 3. The van der Waals surface area contributed by atoms with Crippen LogP contribution in [0.4, 0.5) is 10.5 Å². The Kier molecular flexibility index (Phi) is 8.64. The highest BCUT2D eigenvalue weighted by Crippen LogP contribution is 2.36. The summed E-state index contributed by atoms with van der Waals surface area (Å²) < 4.78 is 11.9. The van der Waals surface area contributed by atoms with Crippen LogP contribution in [0, 0.1) is 7.14 Å². The van der Waals surface area contributed by atoms with Gasteiger partial charge in [0.2, 0.25) is 5.91 Å². The molecule has 1 fully saturated rings. The smallest absolute Gasteiger partial charge is 0.339 e. The number of thioether (sulfide) groups is 1. The minimum Gasteiger partial charge on any atom is -0.495 e. The Morgan fingerprint density at radius 2 is 1.91 bits per heavy atom. The standard InChI is InChI=1S/C21H15ClI2N2O6S/c1-31-18-10(5-11(23)7-15(18)24)6-16-19(28)26(21(30)33-16)9-17(27)25-12-3-4-14(22)13(8-12)20(29)32-2/h3-8H,9H2,1-2H3,(H,25,27)/b16-6+. The fourth-order valence-corrected chi connectivity index (χ4v) is 6.03. The molecule has 0 radical (unpaired) electrons. The Labute approximate surface area is 225 Å². The minimum atomic E-state index is -0.659. The summed E-state index contributed by atoms with van der Waals surface area (Å²) in [5.41, 5.74) is 0.998. The maximum absolute atomic E-state index is 12.8. The quantitative estimate of drug-likeness (QED) is 0.255. The van der Waals surface area contributed by atoms with Crippen LogP contribution in [0.25, 0.3) is 6.08 Å². The van der Waals surface area contributed by atoms with Crippen molar-refractivity contribution in [3.63, 3.8) is 0 Å². The number of rotatable bonds is 6. The molecule has 0 aliphatic carbocycles. The number of halogens is 3. The molecular formula is C21H15ClI2N2O6S. The van der Waals surface area contributed by atoms with Crippen LogP contribution in [-0.4, -0.2) is 48.7 Å². The van der Waals surface area contributed by atoms with Crippen LogP contribution in [-0.2, 0) is 14.3 Å². The van der Waals surface area contributed by atoms with E-state index in [4.69, 9.17) is 16.3 Å². The maximum Gasteiger partial charge on any atom is 0.339 e. The van der Waals surface area contributed by atoms with Gasteiger partial charge in [-0.1, -0.05) is 11.6 Å². The lowest BCUT2D eigenvalue weighted by molar-refractivity contribution is -0.127. The van der Waals surface area contributed by atoms with Crippen LogP contribution in [0.5, 0.6) is 5.75 Å². The molecule has 1 heterocycles. The van der Waals surface area contributed by atoms with Gasteiger partial charge in [-0.2, -0.15) is 0 Å². The SMILES string of the molecule is COC(=O)c1cc(NC(=O)CN2C(=O)S/C(=C/c3cc(I)cc(I)c3OC)C2=O)ccc1Cl. The van der Waals surface area contributed by atoms with Gasteiger partial charge in [0.1, 0.15) is 12.3 Å². The molecule has 1 aliphatic heterocycles. The molecule has 1 N–H and O–H groups in total. The number of nitrogens with one attached hydrogen (secondary N) is 1. The van der Waals surface area contributed by atoms with E-state index < -0.39 is 29.6 Å². The number of esters is 1. The van der Waals surface area contributed by atoms with Gasteiger partial charge >= 0.3 is 5.97 Å². The molecule has 1 aliphatic rings. The fraction of sp³-hybridized carbons (Fsp3) is 0.143. The Bertz CT molecular complexity index is 1200. The Balaban J connectivity index is 1.77. The molecule has 12 heteroatoms. The van der Waals surface area contributed by atoms with E-state index in [-0.39, 0.29) is 21.2 Å². The summed E-state index contributed by atoms with van der Waals surface area (Å²) in [5.74, 6) is -1.27. The van der Waals surface area contributed by atoms with Gasteiger partial charge in [0, 0.05) is 14.8 Å². The lowest BCUT2D eigenvalue weighted by Crippen LogP contribution is -2.36. The van der Waals surface area contributed by atoms with Crippen molar-refractivity contribution in [3.8, 4) is 5.75 Å². The first-order valence-electron chi connectivity index (χ1n) is 9.10. The summed E-state index contributed by atoms with van der Waals surface area (Å²) in [6.07, 6.45) is 1.58. The highest BCUT2D eigenvalue weighted by Gasteiger charge is 2.36. The first kappa shape index (κ1) is 25.8. The maximum atomic E-state index is 12.8. The molecule has 0 bridgehead atoms. The molecule has 2 aromatic rings. The topological polar surface area (TPSA) is 102 Å². The van der Waals surface area contributed by atoms with Crippen molar-refractivity contribution >= 4 is 103 Å². The lowest BCUT2D eigenvalue weighted by atomic mass is 10.2. The van der Waals surface area contributed by atoms with Crippen molar-refractivity contribution in [1.29, 1.82) is 0 Å². The summed E-state index contributed by atoms with van der Waals surface area (Å²) >= 11 is 11.0. The van der Waals surface area contributed by atoms with Gasteiger partial charge in [0.25, 0.3) is 11.1 Å². The predicted molar refractivity (Wildman–Crippen MR) is 143 cm³/mol. The molecule has 0 unspecified atom stereocenters. The Morgan fingerprint density at radius 3 is 2.58 bits per heavy atom. The number of nitrogens with zero attached hydrogens (tertiary/aromatic N) is 1. The largest absolute Gasteiger partial charge is 0.495 e. The van der Waals surface area contributed by atoms with Gasteiger partial charge in [-0.3, -0.25) is 19.3 Å². The van der Waals surface area contributed by atoms with E-state index in [0.717, 1.165) is 23.8 Å². The second-order valence-electron chi connectivity index (χ2n) is 6.51. The third-order valence-corrected chi connectivity index (χ3v) is 7.02. The van der Waals surface area contributed by atoms with Gasteiger partial charge < -0.3 is 14.8 Å². The summed E-state index contributed by atoms with van der Waals surface area (Å²) in [6.45, 7) is -0.487. The van der Waals surface area contributed by atoms with Crippen LogP contribution < -0.4 is 10.1 Å². The van der Waals surface area contributed by atoms with Gasteiger partial charge in [-0.15, -0.1) is 0 Å². The highest BCUT2D eigenvalue weighted by atomic mass is 127. The van der Waals surface area contributed by atoms with Gasteiger partial charge in [-0.25, -0.2) is 4.79 Å². The molecule has 0 aromatic heterocycles. The Morgan fingerprint density at radius 1 is 1.18 bits per heavy atom. The first-order valence-corrected chi connectivity index (χ1v) is 12.5. The average Bonchev–Trinajstić information content (AvgIpc) is 3.01. The van der Waals surface area contributed by atoms with E-state index in [2.05, 4.69) is 55.2 Å². The molecular weight excluding hydrogens is 698 g/mol. The number of imide groups is 1. The molecule has 3 amide bonds. The number of ether oxygens (including phenoxy) is 2. The minimum absolute atomic E-state index is 0.0761. The second kappa shape index (κ2) is 11.1. The first-order chi connectivity index (χ1) is 15.6. The average molecular weight is 713 g/mol. The summed E-state index contributed by atoms with van der Waals surface area (Å²) in [5, 5.41) is 2.15. The molecule has 0 spiro atoms. The summed E-state index contributed by atoms with van der Waals surface area (Å²) in [4.78, 5) is 50.5. The van der Waals surface area contributed by atoms with Crippen molar-refractivity contribution in [2.75, 3.05) is 26.1 Å². The van der Waals surface area contributed by atoms with Gasteiger partial charge in [0.05, 0.1) is 33.3 Å². The fourth-order valence-electron chi connectivity index (χ4n) is 2.89. The monoisotopic (exact) mass is 712 g/mol. The van der Waals surface area contributed by atoms with Crippen LogP contribution in [0.15, 0.2) is 35.2 Å². The molecule has 8 nitrogen and oxygen atoms in total. The van der Waals surface area contributed by atoms with Gasteiger partial charge in [0.15, 0.2) is 0 Å². The van der Waals surface area contributed by atoms with Crippen LogP contribution >= 0.6 is 68.5 Å². The van der Waals surface area contributed by atoms with Crippen molar-refractivity contribution in [1.82, 2.24) is 4.90 Å².